The van der Waals surface area contributed by atoms with Crippen molar-refractivity contribution >= 4 is 0 Å². The molecule has 0 radical (unpaired) electrons. The van der Waals surface area contributed by atoms with E-state index in [2.05, 4.69) is 0 Å². The lowest BCUT2D eigenvalue weighted by molar-refractivity contribution is -0.388. The molecule has 0 bridgehead atoms. The SMILES string of the molecule is OC[C@H]1O[C@H](OC[C@H]2O[C@H](OC[C@H]3O[C@@H](OC4(CO)O[C@H](CO)[C@@H](O)[C@@H]4O)[C@H](O)[C@@H](O)[C@@H]3O)[C@H](O)[C@@H](O)[C@H]2O)[C@H](O)[C@@H](O)[C@H]1O. The minimum absolute atomic E-state index is 0.650. The molecule has 21 heteroatoms. The molecule has 0 saturated carbocycles. The quantitative estimate of drug-likeness (QED) is 0.0973. The van der Waals surface area contributed by atoms with Gasteiger partial charge in [-0.3, -0.25) is 0 Å². The van der Waals surface area contributed by atoms with Crippen LogP contribution in [0.5, 0.6) is 0 Å². The lowest BCUT2D eigenvalue weighted by Crippen LogP contribution is -2.64. The summed E-state index contributed by atoms with van der Waals surface area (Å²) in [6.07, 6.45) is -31.4. The number of aliphatic hydroxyl groups is 14. The normalized spacial score (nSPS) is 52.7. The van der Waals surface area contributed by atoms with Gasteiger partial charge in [-0.05, 0) is 0 Å². The van der Waals surface area contributed by atoms with Gasteiger partial charge in [0.05, 0.1) is 26.4 Å². The zero-order valence-corrected chi connectivity index (χ0v) is 23.5. The number of hydrogen-bond acceptors (Lipinski definition) is 21. The highest BCUT2D eigenvalue weighted by Gasteiger charge is 2.58. The number of ether oxygens (including phenoxy) is 7. The number of hydrogen-bond donors (Lipinski definition) is 14. The van der Waals surface area contributed by atoms with Crippen molar-refractivity contribution in [3.05, 3.63) is 0 Å². The lowest BCUT2D eigenvalue weighted by Gasteiger charge is -2.45. The molecule has 0 amide bonds. The second-order valence-corrected chi connectivity index (χ2v) is 11.3. The van der Waals surface area contributed by atoms with E-state index in [1.165, 1.54) is 0 Å². The van der Waals surface area contributed by atoms with Gasteiger partial charge in [0.2, 0.25) is 5.79 Å². The van der Waals surface area contributed by atoms with Gasteiger partial charge >= 0.3 is 0 Å². The second kappa shape index (κ2) is 15.1. The zero-order valence-electron chi connectivity index (χ0n) is 23.5. The third kappa shape index (κ3) is 7.29. The number of rotatable bonds is 11. The first-order valence-electron chi connectivity index (χ1n) is 14.1. The Bertz CT molecular complexity index is 931. The molecule has 0 aliphatic carbocycles. The third-order valence-corrected chi connectivity index (χ3v) is 8.26. The van der Waals surface area contributed by atoms with Gasteiger partial charge in [0.25, 0.3) is 0 Å². The van der Waals surface area contributed by atoms with Crippen LogP contribution in [0, 0.1) is 0 Å². The smallest absolute Gasteiger partial charge is 0.224 e. The summed E-state index contributed by atoms with van der Waals surface area (Å²) in [6.45, 7) is -4.02. The number of aliphatic hydroxyl groups excluding tert-OH is 14. The summed E-state index contributed by atoms with van der Waals surface area (Å²) >= 11 is 0. The van der Waals surface area contributed by atoms with E-state index in [4.69, 9.17) is 33.2 Å². The van der Waals surface area contributed by atoms with Gasteiger partial charge in [0.1, 0.15) is 98.2 Å². The van der Waals surface area contributed by atoms with E-state index in [0.29, 0.717) is 0 Å². The van der Waals surface area contributed by atoms with Gasteiger partial charge in [-0.1, -0.05) is 0 Å². The highest BCUT2D eigenvalue weighted by molar-refractivity contribution is 4.99. The largest absolute Gasteiger partial charge is 0.394 e. The first-order chi connectivity index (χ1) is 21.2. The Morgan fingerprint density at radius 3 is 1.27 bits per heavy atom. The van der Waals surface area contributed by atoms with Crippen molar-refractivity contribution in [2.75, 3.05) is 33.0 Å². The summed E-state index contributed by atoms with van der Waals surface area (Å²) in [6, 6.07) is 0. The molecule has 4 heterocycles. The van der Waals surface area contributed by atoms with Crippen molar-refractivity contribution in [3.63, 3.8) is 0 Å². The molecule has 4 fully saturated rings. The van der Waals surface area contributed by atoms with Crippen LogP contribution in [-0.4, -0.2) is 221 Å². The van der Waals surface area contributed by atoms with Gasteiger partial charge in [-0.15, -0.1) is 0 Å². The van der Waals surface area contributed by atoms with Crippen LogP contribution in [-0.2, 0) is 33.2 Å². The Morgan fingerprint density at radius 2 is 0.844 bits per heavy atom. The van der Waals surface area contributed by atoms with Gasteiger partial charge in [-0.25, -0.2) is 0 Å². The van der Waals surface area contributed by atoms with Crippen LogP contribution in [0.3, 0.4) is 0 Å². The molecule has 45 heavy (non-hydrogen) atoms. The third-order valence-electron chi connectivity index (χ3n) is 8.26. The molecule has 4 aliphatic heterocycles. The molecule has 0 aromatic carbocycles. The van der Waals surface area contributed by atoms with Crippen LogP contribution in [0.15, 0.2) is 0 Å². The molecule has 0 aromatic rings. The van der Waals surface area contributed by atoms with Crippen molar-refractivity contribution in [2.24, 2.45) is 0 Å². The van der Waals surface area contributed by atoms with E-state index < -0.39 is 149 Å². The Morgan fingerprint density at radius 1 is 0.444 bits per heavy atom. The standard InChI is InChI=1S/C24H42O21/c25-1-6-10(28)14(32)17(35)21(41-6)39-3-8-11(29)15(33)18(36)22(42-8)40-4-9-12(30)16(34)19(37)23(43-9)45-24(5-27)20(38)13(31)7(2-26)44-24/h6-23,25-38H,1-5H2/t6-,7-,8-,9-,10+,11+,12-,13-,14+,15+,16+,17-,18-,19-,20+,21+,22+,23+,24?/m1/s1. The average Bonchev–Trinajstić information content (AvgIpc) is 3.28. The van der Waals surface area contributed by atoms with Crippen LogP contribution < -0.4 is 0 Å². The fourth-order valence-electron chi connectivity index (χ4n) is 5.39. The fraction of sp³-hybridized carbons (Fsp3) is 1.00. The summed E-state index contributed by atoms with van der Waals surface area (Å²) in [5.41, 5.74) is 0. The molecule has 19 atom stereocenters. The monoisotopic (exact) mass is 666 g/mol. The molecule has 264 valence electrons. The van der Waals surface area contributed by atoms with Crippen molar-refractivity contribution in [2.45, 2.75) is 116 Å². The summed E-state index contributed by atoms with van der Waals surface area (Å²) in [5, 5.41) is 141. The van der Waals surface area contributed by atoms with Gasteiger partial charge in [-0.2, -0.15) is 0 Å². The molecule has 0 spiro atoms. The van der Waals surface area contributed by atoms with E-state index in [-0.39, 0.29) is 0 Å². The molecule has 21 nitrogen and oxygen atoms in total. The predicted molar refractivity (Wildman–Crippen MR) is 134 cm³/mol. The summed E-state index contributed by atoms with van der Waals surface area (Å²) < 4.78 is 37.6. The molecule has 4 saturated heterocycles. The van der Waals surface area contributed by atoms with Gasteiger partial charge in [0.15, 0.2) is 18.9 Å². The average molecular weight is 667 g/mol. The maximum atomic E-state index is 10.5. The van der Waals surface area contributed by atoms with Crippen molar-refractivity contribution in [1.29, 1.82) is 0 Å². The zero-order chi connectivity index (χ0) is 33.4. The maximum absolute atomic E-state index is 10.5. The maximum Gasteiger partial charge on any atom is 0.224 e. The van der Waals surface area contributed by atoms with Crippen LogP contribution in [0.1, 0.15) is 0 Å². The van der Waals surface area contributed by atoms with Crippen molar-refractivity contribution in [3.8, 4) is 0 Å². The highest BCUT2D eigenvalue weighted by atomic mass is 16.8. The van der Waals surface area contributed by atoms with Gasteiger partial charge < -0.3 is 105 Å². The Kier molecular flexibility index (Phi) is 12.5. The van der Waals surface area contributed by atoms with Crippen LogP contribution in [0.25, 0.3) is 0 Å². The highest BCUT2D eigenvalue weighted by Crippen LogP contribution is 2.36. The van der Waals surface area contributed by atoms with E-state index in [1.54, 1.807) is 0 Å². The lowest BCUT2D eigenvalue weighted by atomic mass is 9.98. The first kappa shape index (κ1) is 37.0. The van der Waals surface area contributed by atoms with E-state index in [9.17, 15) is 71.5 Å². The topological polar surface area (TPSA) is 348 Å². The predicted octanol–water partition coefficient (Wildman–Crippen LogP) is -9.75. The molecule has 1 unspecified atom stereocenters. The van der Waals surface area contributed by atoms with E-state index >= 15 is 0 Å². The molecular weight excluding hydrogens is 624 g/mol. The van der Waals surface area contributed by atoms with Crippen LogP contribution >= 0.6 is 0 Å². The Balaban J connectivity index is 1.39. The summed E-state index contributed by atoms with van der Waals surface area (Å²) in [5.74, 6) is -2.43. The molecule has 0 aromatic heterocycles. The molecule has 4 aliphatic rings. The summed E-state index contributed by atoms with van der Waals surface area (Å²) in [4.78, 5) is 0. The second-order valence-electron chi connectivity index (χ2n) is 11.3. The first-order valence-corrected chi connectivity index (χ1v) is 14.1. The minimum Gasteiger partial charge on any atom is -0.394 e. The Hall–Kier alpha value is -0.840. The van der Waals surface area contributed by atoms with Crippen molar-refractivity contribution in [1.82, 2.24) is 0 Å². The molecular formula is C24H42O21. The van der Waals surface area contributed by atoms with Gasteiger partial charge in [0, 0.05) is 0 Å². The minimum atomic E-state index is -2.43. The fourth-order valence-corrected chi connectivity index (χ4v) is 5.39. The van der Waals surface area contributed by atoms with E-state index in [0.717, 1.165) is 0 Å². The van der Waals surface area contributed by atoms with E-state index in [1.807, 2.05) is 0 Å². The van der Waals surface area contributed by atoms with Crippen LogP contribution in [0.4, 0.5) is 0 Å². The molecule has 4 rings (SSSR count). The van der Waals surface area contributed by atoms with Crippen molar-refractivity contribution < 1.29 is 105 Å². The Labute approximate surface area is 254 Å². The summed E-state index contributed by atoms with van der Waals surface area (Å²) in [7, 11) is 0. The molecule has 14 N–H and O–H groups in total. The van der Waals surface area contributed by atoms with Crippen LogP contribution in [0.2, 0.25) is 0 Å².